The molecule has 0 bridgehead atoms. The van der Waals surface area contributed by atoms with Crippen molar-refractivity contribution in [3.05, 3.63) is 35.9 Å². The largest absolute Gasteiger partial charge is 0.393 e. The summed E-state index contributed by atoms with van der Waals surface area (Å²) in [5, 5.41) is 30.5. The quantitative estimate of drug-likeness (QED) is 0.450. The summed E-state index contributed by atoms with van der Waals surface area (Å²) in [5.41, 5.74) is 1.79. The van der Waals surface area contributed by atoms with Gasteiger partial charge in [0.25, 0.3) is 0 Å². The summed E-state index contributed by atoms with van der Waals surface area (Å²) in [4.78, 5) is 12.2. The fourth-order valence-corrected chi connectivity index (χ4v) is 3.72. The van der Waals surface area contributed by atoms with Gasteiger partial charge < -0.3 is 10.2 Å². The van der Waals surface area contributed by atoms with Crippen LogP contribution in [0.4, 0.5) is 0 Å². The van der Waals surface area contributed by atoms with Crippen LogP contribution < -0.4 is 5.48 Å². The van der Waals surface area contributed by atoms with Crippen LogP contribution in [-0.4, -0.2) is 33.0 Å². The van der Waals surface area contributed by atoms with Crippen LogP contribution in [0, 0.1) is 11.3 Å². The molecule has 2 rings (SSSR count). The van der Waals surface area contributed by atoms with Gasteiger partial charge in [-0.05, 0) is 55.9 Å². The number of benzene rings is 1. The molecule has 0 saturated heterocycles. The number of aryl methyl sites for hydroxylation is 1. The van der Waals surface area contributed by atoms with Gasteiger partial charge in [-0.1, -0.05) is 44.2 Å². The Kier molecular flexibility index (Phi) is 6.60. The number of nitrogens with one attached hydrogen (secondary N) is 1. The Labute approximate surface area is 150 Å². The molecule has 2 atom stereocenters. The van der Waals surface area contributed by atoms with Gasteiger partial charge in [-0.2, -0.15) is 0 Å². The van der Waals surface area contributed by atoms with Crippen LogP contribution in [0.2, 0.25) is 0 Å². The van der Waals surface area contributed by atoms with E-state index in [2.05, 4.69) is 13.8 Å². The molecule has 1 aliphatic carbocycles. The van der Waals surface area contributed by atoms with E-state index in [0.717, 1.165) is 18.4 Å². The molecular weight excluding hydrogens is 318 g/mol. The summed E-state index contributed by atoms with van der Waals surface area (Å²) >= 11 is 0. The zero-order chi connectivity index (χ0) is 18.5. The second-order valence-electron chi connectivity index (χ2n) is 8.21. The zero-order valence-electron chi connectivity index (χ0n) is 15.2. The first kappa shape index (κ1) is 19.9. The molecule has 0 aromatic heterocycles. The molecule has 1 aromatic carbocycles. The summed E-state index contributed by atoms with van der Waals surface area (Å²) in [6.07, 6.45) is 3.31. The minimum absolute atomic E-state index is 0.149. The third-order valence-corrected chi connectivity index (χ3v) is 5.66. The van der Waals surface area contributed by atoms with Gasteiger partial charge >= 0.3 is 0 Å². The molecule has 1 saturated carbocycles. The van der Waals surface area contributed by atoms with Gasteiger partial charge in [-0.15, -0.1) is 0 Å². The lowest BCUT2D eigenvalue weighted by molar-refractivity contribution is -0.151. The number of carbonyl (C=O) groups is 1. The molecule has 1 fully saturated rings. The predicted octanol–water partition coefficient (Wildman–Crippen LogP) is 2.82. The van der Waals surface area contributed by atoms with Gasteiger partial charge in [0.2, 0.25) is 5.91 Å². The molecule has 0 aliphatic heterocycles. The second-order valence-corrected chi connectivity index (χ2v) is 8.21. The van der Waals surface area contributed by atoms with Crippen LogP contribution in [0.15, 0.2) is 30.3 Å². The Bertz CT molecular complexity index is 548. The minimum Gasteiger partial charge on any atom is -0.393 e. The zero-order valence-corrected chi connectivity index (χ0v) is 15.2. The third kappa shape index (κ3) is 5.53. The smallest absolute Gasteiger partial charge is 0.249 e. The standard InChI is InChI=1S/C20H31NO4/c1-19(2)10-12-20(24,13-11-19)17(18(23)21-25)14-16(22)9-8-15-6-4-3-5-7-15/h3-7,16-17,22,24-25H,8-14H2,1-2H3,(H,21,23). The van der Waals surface area contributed by atoms with Crippen LogP contribution in [-0.2, 0) is 11.2 Å². The first-order valence-corrected chi connectivity index (χ1v) is 9.14. The average Bonchev–Trinajstić information content (AvgIpc) is 2.61. The number of amides is 1. The highest BCUT2D eigenvalue weighted by molar-refractivity contribution is 5.78. The Morgan fingerprint density at radius 2 is 1.76 bits per heavy atom. The van der Waals surface area contributed by atoms with Crippen molar-refractivity contribution in [2.45, 2.75) is 70.5 Å². The summed E-state index contributed by atoms with van der Waals surface area (Å²) in [6.45, 7) is 4.31. The van der Waals surface area contributed by atoms with Crippen molar-refractivity contribution >= 4 is 5.91 Å². The van der Waals surface area contributed by atoms with Crippen LogP contribution in [0.3, 0.4) is 0 Å². The Morgan fingerprint density at radius 3 is 2.32 bits per heavy atom. The van der Waals surface area contributed by atoms with E-state index >= 15 is 0 Å². The number of hydrogen-bond donors (Lipinski definition) is 4. The van der Waals surface area contributed by atoms with Gasteiger partial charge in [0.1, 0.15) is 0 Å². The first-order valence-electron chi connectivity index (χ1n) is 9.14. The lowest BCUT2D eigenvalue weighted by Crippen LogP contribution is -2.50. The SMILES string of the molecule is CC1(C)CCC(O)(C(CC(O)CCc2ccccc2)C(=O)NO)CC1. The van der Waals surface area contributed by atoms with E-state index in [-0.39, 0.29) is 11.8 Å². The second kappa shape index (κ2) is 8.30. The maximum atomic E-state index is 12.2. The van der Waals surface area contributed by atoms with Crippen molar-refractivity contribution in [2.75, 3.05) is 0 Å². The molecule has 140 valence electrons. The maximum absolute atomic E-state index is 12.2. The van der Waals surface area contributed by atoms with Gasteiger partial charge in [0, 0.05) is 0 Å². The molecule has 1 aromatic rings. The molecule has 25 heavy (non-hydrogen) atoms. The number of aliphatic hydroxyl groups excluding tert-OH is 1. The van der Waals surface area contributed by atoms with Crippen molar-refractivity contribution in [1.29, 1.82) is 0 Å². The first-order chi connectivity index (χ1) is 11.8. The molecular formula is C20H31NO4. The van der Waals surface area contributed by atoms with E-state index in [0.29, 0.717) is 25.7 Å². The molecule has 5 nitrogen and oxygen atoms in total. The molecule has 1 amide bonds. The van der Waals surface area contributed by atoms with Crippen molar-refractivity contribution in [2.24, 2.45) is 11.3 Å². The third-order valence-electron chi connectivity index (χ3n) is 5.66. The normalized spacial score (nSPS) is 21.3. The number of hydroxylamine groups is 1. The Hall–Kier alpha value is -1.43. The van der Waals surface area contributed by atoms with E-state index in [1.54, 1.807) is 5.48 Å². The Morgan fingerprint density at radius 1 is 1.16 bits per heavy atom. The van der Waals surface area contributed by atoms with Gasteiger partial charge in [0.05, 0.1) is 17.6 Å². The number of hydrogen-bond acceptors (Lipinski definition) is 4. The fraction of sp³-hybridized carbons (Fsp3) is 0.650. The van der Waals surface area contributed by atoms with E-state index in [1.165, 1.54) is 0 Å². The summed E-state index contributed by atoms with van der Waals surface area (Å²) in [7, 11) is 0. The highest BCUT2D eigenvalue weighted by Gasteiger charge is 2.46. The molecule has 0 heterocycles. The highest BCUT2D eigenvalue weighted by atomic mass is 16.5. The monoisotopic (exact) mass is 349 g/mol. The summed E-state index contributed by atoms with van der Waals surface area (Å²) < 4.78 is 0. The number of rotatable bonds is 7. The highest BCUT2D eigenvalue weighted by Crippen LogP contribution is 2.44. The molecule has 0 spiro atoms. The van der Waals surface area contributed by atoms with E-state index < -0.39 is 23.5 Å². The summed E-state index contributed by atoms with van der Waals surface area (Å²) in [5.74, 6) is -1.42. The van der Waals surface area contributed by atoms with Gasteiger partial charge in [0.15, 0.2) is 0 Å². The van der Waals surface area contributed by atoms with E-state index in [4.69, 9.17) is 5.21 Å². The van der Waals surface area contributed by atoms with Crippen molar-refractivity contribution < 1.29 is 20.2 Å². The maximum Gasteiger partial charge on any atom is 0.249 e. The van der Waals surface area contributed by atoms with Gasteiger partial charge in [-0.3, -0.25) is 10.0 Å². The number of aliphatic hydroxyl groups is 2. The lowest BCUT2D eigenvalue weighted by atomic mass is 9.65. The molecule has 4 N–H and O–H groups in total. The lowest BCUT2D eigenvalue weighted by Gasteiger charge is -2.44. The number of carbonyl (C=O) groups excluding carboxylic acids is 1. The molecule has 1 aliphatic rings. The Balaban J connectivity index is 1.98. The fourth-order valence-electron chi connectivity index (χ4n) is 3.72. The predicted molar refractivity (Wildman–Crippen MR) is 96.0 cm³/mol. The van der Waals surface area contributed by atoms with E-state index in [1.807, 2.05) is 30.3 Å². The van der Waals surface area contributed by atoms with Crippen molar-refractivity contribution in [1.82, 2.24) is 5.48 Å². The molecule has 0 radical (unpaired) electrons. The topological polar surface area (TPSA) is 89.8 Å². The van der Waals surface area contributed by atoms with Crippen LogP contribution in [0.1, 0.15) is 57.9 Å². The van der Waals surface area contributed by atoms with Crippen LogP contribution in [0.5, 0.6) is 0 Å². The molecule has 2 unspecified atom stereocenters. The van der Waals surface area contributed by atoms with Crippen molar-refractivity contribution in [3.8, 4) is 0 Å². The van der Waals surface area contributed by atoms with Crippen LogP contribution >= 0.6 is 0 Å². The molecule has 5 heteroatoms. The minimum atomic E-state index is -1.17. The average molecular weight is 349 g/mol. The summed E-state index contributed by atoms with van der Waals surface area (Å²) in [6, 6.07) is 9.86. The van der Waals surface area contributed by atoms with Crippen LogP contribution in [0.25, 0.3) is 0 Å². The van der Waals surface area contributed by atoms with E-state index in [9.17, 15) is 15.0 Å². The van der Waals surface area contributed by atoms with Gasteiger partial charge in [-0.25, -0.2) is 5.48 Å². The van der Waals surface area contributed by atoms with Crippen molar-refractivity contribution in [3.63, 3.8) is 0 Å².